The Bertz CT molecular complexity index is 343. The van der Waals surface area contributed by atoms with Crippen molar-refractivity contribution in [3.63, 3.8) is 0 Å². The Morgan fingerprint density at radius 1 is 1.17 bits per heavy atom. The van der Waals surface area contributed by atoms with E-state index in [0.29, 0.717) is 5.92 Å². The second-order valence-corrected chi connectivity index (χ2v) is 10.3. The van der Waals surface area contributed by atoms with Gasteiger partial charge < -0.3 is 4.43 Å². The highest BCUT2D eigenvalue weighted by Crippen LogP contribution is 2.20. The van der Waals surface area contributed by atoms with Crippen LogP contribution in [0.15, 0.2) is 24.3 Å². The van der Waals surface area contributed by atoms with Crippen molar-refractivity contribution in [1.82, 2.24) is 0 Å². The maximum atomic E-state index is 5.58. The van der Waals surface area contributed by atoms with E-state index >= 15 is 0 Å². The molecule has 102 valence electrons. The number of rotatable bonds is 7. The summed E-state index contributed by atoms with van der Waals surface area (Å²) in [6, 6.07) is 10.4. The summed E-state index contributed by atoms with van der Waals surface area (Å²) >= 11 is 0. The molecule has 1 aromatic carbocycles. The largest absolute Gasteiger partial charge is 0.420 e. The van der Waals surface area contributed by atoms with Crippen molar-refractivity contribution in [1.29, 1.82) is 0 Å². The molecule has 0 amide bonds. The highest BCUT2D eigenvalue weighted by molar-refractivity contribution is 6.71. The first-order chi connectivity index (χ1) is 8.48. The van der Waals surface area contributed by atoms with Gasteiger partial charge in [0.05, 0.1) is 0 Å². The number of hydrogen-bond acceptors (Lipinski definition) is 1. The Morgan fingerprint density at radius 3 is 2.28 bits per heavy atom. The molecule has 0 heterocycles. The molecule has 0 saturated carbocycles. The molecule has 0 spiro atoms. The summed E-state index contributed by atoms with van der Waals surface area (Å²) in [6.07, 6.45) is 3.64. The molecule has 1 nitrogen and oxygen atoms in total. The quantitative estimate of drug-likeness (QED) is 0.631. The Labute approximate surface area is 114 Å². The van der Waals surface area contributed by atoms with E-state index < -0.39 is 8.32 Å². The second-order valence-electron chi connectivity index (χ2n) is 5.87. The van der Waals surface area contributed by atoms with E-state index in [2.05, 4.69) is 51.2 Å². The van der Waals surface area contributed by atoms with Crippen molar-refractivity contribution in [2.24, 2.45) is 0 Å². The molecular weight excluding hydrogens is 236 g/mol. The average Bonchev–Trinajstić information content (AvgIpc) is 2.38. The summed E-state index contributed by atoms with van der Waals surface area (Å²) in [6.45, 7) is 9.12. The van der Waals surface area contributed by atoms with Crippen LogP contribution in [0.5, 0.6) is 0 Å². The third-order valence-corrected chi connectivity index (χ3v) is 6.62. The maximum Gasteiger partial charge on any atom is 0.186 e. The van der Waals surface area contributed by atoms with Gasteiger partial charge in [0, 0.05) is 7.11 Å². The van der Waals surface area contributed by atoms with Gasteiger partial charge in [-0.15, -0.1) is 0 Å². The van der Waals surface area contributed by atoms with Crippen LogP contribution >= 0.6 is 0 Å². The van der Waals surface area contributed by atoms with E-state index in [9.17, 15) is 0 Å². The van der Waals surface area contributed by atoms with Crippen molar-refractivity contribution in [3.8, 4) is 0 Å². The highest BCUT2D eigenvalue weighted by Gasteiger charge is 2.19. The van der Waals surface area contributed by atoms with Gasteiger partial charge in [0.2, 0.25) is 0 Å². The van der Waals surface area contributed by atoms with Crippen molar-refractivity contribution < 1.29 is 4.43 Å². The lowest BCUT2D eigenvalue weighted by Gasteiger charge is -2.19. The number of aryl methyl sites for hydroxylation is 1. The lowest BCUT2D eigenvalue weighted by Crippen LogP contribution is -2.28. The molecule has 0 bridgehead atoms. The predicted octanol–water partition coefficient (Wildman–Crippen LogP) is 4.98. The van der Waals surface area contributed by atoms with Crippen molar-refractivity contribution in [2.75, 3.05) is 7.11 Å². The van der Waals surface area contributed by atoms with Gasteiger partial charge in [0.1, 0.15) is 0 Å². The zero-order valence-electron chi connectivity index (χ0n) is 12.6. The van der Waals surface area contributed by atoms with Crippen LogP contribution in [0.25, 0.3) is 0 Å². The smallest absolute Gasteiger partial charge is 0.186 e. The van der Waals surface area contributed by atoms with Gasteiger partial charge in [-0.1, -0.05) is 38.1 Å². The Hall–Kier alpha value is -0.603. The Morgan fingerprint density at radius 2 is 1.78 bits per heavy atom. The van der Waals surface area contributed by atoms with Crippen LogP contribution in [0.1, 0.15) is 43.7 Å². The lowest BCUT2D eigenvalue weighted by atomic mass is 9.97. The number of hydrogen-bond donors (Lipinski definition) is 0. The van der Waals surface area contributed by atoms with E-state index in [0.717, 1.165) is 0 Å². The monoisotopic (exact) mass is 264 g/mol. The molecule has 0 fully saturated rings. The van der Waals surface area contributed by atoms with Crippen LogP contribution in [0.3, 0.4) is 0 Å². The third kappa shape index (κ3) is 4.95. The summed E-state index contributed by atoms with van der Waals surface area (Å²) < 4.78 is 5.58. The van der Waals surface area contributed by atoms with Crippen molar-refractivity contribution >= 4 is 8.32 Å². The fourth-order valence-electron chi connectivity index (χ4n) is 2.07. The minimum Gasteiger partial charge on any atom is -0.420 e. The minimum atomic E-state index is -1.37. The van der Waals surface area contributed by atoms with Crippen molar-refractivity contribution in [3.05, 3.63) is 35.4 Å². The average molecular weight is 264 g/mol. The molecule has 0 aliphatic heterocycles. The second kappa shape index (κ2) is 7.10. The molecule has 0 aliphatic carbocycles. The fraction of sp³-hybridized carbons (Fsp3) is 0.625. The van der Waals surface area contributed by atoms with E-state index in [1.54, 1.807) is 0 Å². The van der Waals surface area contributed by atoms with Crippen LogP contribution in [0, 0.1) is 0 Å². The minimum absolute atomic E-state index is 0.680. The van der Waals surface area contributed by atoms with Gasteiger partial charge in [-0.3, -0.25) is 0 Å². The van der Waals surface area contributed by atoms with Gasteiger partial charge in [-0.05, 0) is 55.4 Å². The molecule has 1 aromatic rings. The molecule has 0 aliphatic rings. The van der Waals surface area contributed by atoms with Crippen LogP contribution in [0.4, 0.5) is 0 Å². The van der Waals surface area contributed by atoms with Gasteiger partial charge in [-0.25, -0.2) is 0 Å². The summed E-state index contributed by atoms with van der Waals surface area (Å²) in [5.41, 5.74) is 2.93. The third-order valence-electron chi connectivity index (χ3n) is 3.96. The normalized spacial score (nSPS) is 13.6. The molecule has 0 N–H and O–H groups in total. The van der Waals surface area contributed by atoms with Crippen LogP contribution in [-0.2, 0) is 10.8 Å². The first-order valence-electron chi connectivity index (χ1n) is 7.12. The highest BCUT2D eigenvalue weighted by atomic mass is 28.4. The molecule has 1 unspecified atom stereocenters. The lowest BCUT2D eigenvalue weighted by molar-refractivity contribution is 0.402. The summed E-state index contributed by atoms with van der Waals surface area (Å²) in [4.78, 5) is 0. The summed E-state index contributed by atoms with van der Waals surface area (Å²) in [7, 11) is 0.489. The molecule has 0 aromatic heterocycles. The van der Waals surface area contributed by atoms with Crippen LogP contribution in [-0.4, -0.2) is 15.4 Å². The van der Waals surface area contributed by atoms with Crippen LogP contribution in [0.2, 0.25) is 19.1 Å². The maximum absolute atomic E-state index is 5.58. The fourth-order valence-corrected chi connectivity index (χ4v) is 3.30. The first kappa shape index (κ1) is 15.5. The predicted molar refractivity (Wildman–Crippen MR) is 82.8 cm³/mol. The van der Waals surface area contributed by atoms with Gasteiger partial charge in [0.25, 0.3) is 0 Å². The number of benzene rings is 1. The molecule has 18 heavy (non-hydrogen) atoms. The topological polar surface area (TPSA) is 9.23 Å². The van der Waals surface area contributed by atoms with Crippen molar-refractivity contribution in [2.45, 2.75) is 58.2 Å². The summed E-state index contributed by atoms with van der Waals surface area (Å²) in [5, 5.41) is 0. The molecule has 0 radical (unpaired) electrons. The van der Waals surface area contributed by atoms with E-state index in [1.807, 2.05) is 7.11 Å². The Balaban J connectivity index is 2.45. The zero-order chi connectivity index (χ0) is 13.6. The standard InChI is InChI=1S/C16H28OSi/c1-6-14(2)16-11-9-15(10-12-16)8-7-13-18(4,5)17-3/h9-12,14H,6-8,13H2,1-5H3. The molecule has 0 saturated heterocycles. The first-order valence-corrected chi connectivity index (χ1v) is 10.2. The van der Waals surface area contributed by atoms with Gasteiger partial charge in [0.15, 0.2) is 8.32 Å². The molecule has 1 atom stereocenters. The Kier molecular flexibility index (Phi) is 6.10. The molecular formula is C16H28OSi. The van der Waals surface area contributed by atoms with Crippen LogP contribution < -0.4 is 0 Å². The van der Waals surface area contributed by atoms with Gasteiger partial charge >= 0.3 is 0 Å². The van der Waals surface area contributed by atoms with E-state index in [1.165, 1.54) is 36.4 Å². The summed E-state index contributed by atoms with van der Waals surface area (Å²) in [5.74, 6) is 0.680. The molecule has 2 heteroatoms. The molecule has 1 rings (SSSR count). The van der Waals surface area contributed by atoms with Gasteiger partial charge in [-0.2, -0.15) is 0 Å². The zero-order valence-corrected chi connectivity index (χ0v) is 13.6. The van der Waals surface area contributed by atoms with E-state index in [4.69, 9.17) is 4.43 Å². The van der Waals surface area contributed by atoms with E-state index in [-0.39, 0.29) is 0 Å². The SMILES string of the molecule is CCC(C)c1ccc(CCC[Si](C)(C)OC)cc1.